The van der Waals surface area contributed by atoms with Crippen LogP contribution in [0.25, 0.3) is 0 Å². The fourth-order valence-corrected chi connectivity index (χ4v) is 0.794. The summed E-state index contributed by atoms with van der Waals surface area (Å²) in [4.78, 5) is 11.2. The summed E-state index contributed by atoms with van der Waals surface area (Å²) < 4.78 is 0. The van der Waals surface area contributed by atoms with Gasteiger partial charge in [-0.3, -0.25) is 4.79 Å². The number of nitrogens with one attached hydrogen (secondary N) is 2. The molecule has 0 spiro atoms. The van der Waals surface area contributed by atoms with Crippen LogP contribution in [0.1, 0.15) is 27.7 Å². The predicted octanol–water partition coefficient (Wildman–Crippen LogP) is -0.128. The van der Waals surface area contributed by atoms with Crippen molar-refractivity contribution in [1.82, 2.24) is 10.6 Å². The molecule has 0 aliphatic heterocycles. The van der Waals surface area contributed by atoms with Crippen LogP contribution < -0.4 is 10.6 Å². The van der Waals surface area contributed by atoms with E-state index in [4.69, 9.17) is 5.11 Å². The highest BCUT2D eigenvalue weighted by atomic mass is 16.3. The van der Waals surface area contributed by atoms with Gasteiger partial charge in [-0.1, -0.05) is 0 Å². The molecule has 0 fully saturated rings. The van der Waals surface area contributed by atoms with Gasteiger partial charge in [0.1, 0.15) is 0 Å². The first-order valence-corrected chi connectivity index (χ1v) is 4.50. The summed E-state index contributed by atoms with van der Waals surface area (Å²) >= 11 is 0. The number of carbonyl (C=O) groups excluding carboxylic acids is 1. The molecule has 13 heavy (non-hydrogen) atoms. The number of rotatable bonds is 4. The number of aliphatic hydroxyl groups is 1. The van der Waals surface area contributed by atoms with Crippen LogP contribution in [-0.4, -0.2) is 35.7 Å². The number of carbonyl (C=O) groups is 1. The molecule has 1 amide bonds. The Morgan fingerprint density at radius 3 is 2.38 bits per heavy atom. The van der Waals surface area contributed by atoms with E-state index in [2.05, 4.69) is 10.6 Å². The second-order valence-electron chi connectivity index (χ2n) is 4.26. The van der Waals surface area contributed by atoms with Crippen molar-refractivity contribution in [3.05, 3.63) is 0 Å². The van der Waals surface area contributed by atoms with Crippen LogP contribution in [0, 0.1) is 0 Å². The fourth-order valence-electron chi connectivity index (χ4n) is 0.794. The first kappa shape index (κ1) is 12.4. The highest BCUT2D eigenvalue weighted by Crippen LogP contribution is 1.97. The van der Waals surface area contributed by atoms with Gasteiger partial charge in [0.25, 0.3) is 0 Å². The molecule has 78 valence electrons. The van der Waals surface area contributed by atoms with E-state index >= 15 is 0 Å². The molecule has 0 radical (unpaired) electrons. The highest BCUT2D eigenvalue weighted by Gasteiger charge is 2.13. The predicted molar refractivity (Wildman–Crippen MR) is 52.4 cm³/mol. The molecule has 4 nitrogen and oxygen atoms in total. The van der Waals surface area contributed by atoms with Crippen LogP contribution in [0.2, 0.25) is 0 Å². The molecule has 3 N–H and O–H groups in total. The summed E-state index contributed by atoms with van der Waals surface area (Å²) in [6.45, 7) is 7.91. The van der Waals surface area contributed by atoms with Crippen molar-refractivity contribution < 1.29 is 9.90 Å². The molecule has 0 heterocycles. The van der Waals surface area contributed by atoms with Crippen molar-refractivity contribution >= 4 is 5.91 Å². The normalized spacial score (nSPS) is 13.9. The summed E-state index contributed by atoms with van der Waals surface area (Å²) in [5, 5.41) is 14.4. The molecule has 1 atom stereocenters. The molecule has 0 aromatic rings. The molecule has 0 rings (SSSR count). The van der Waals surface area contributed by atoms with E-state index in [1.807, 2.05) is 27.7 Å². The lowest BCUT2D eigenvalue weighted by atomic mass is 10.1. The van der Waals surface area contributed by atoms with E-state index in [0.29, 0.717) is 0 Å². The second-order valence-corrected chi connectivity index (χ2v) is 4.26. The Morgan fingerprint density at radius 2 is 2.00 bits per heavy atom. The highest BCUT2D eigenvalue weighted by molar-refractivity contribution is 5.78. The monoisotopic (exact) mass is 188 g/mol. The molecule has 0 aliphatic rings. The van der Waals surface area contributed by atoms with Gasteiger partial charge in [-0.05, 0) is 27.7 Å². The van der Waals surface area contributed by atoms with Gasteiger partial charge in [0.05, 0.1) is 13.2 Å². The van der Waals surface area contributed by atoms with E-state index in [-0.39, 0.29) is 30.6 Å². The van der Waals surface area contributed by atoms with Crippen LogP contribution >= 0.6 is 0 Å². The molecular weight excluding hydrogens is 168 g/mol. The van der Waals surface area contributed by atoms with E-state index in [1.165, 1.54) is 0 Å². The zero-order chi connectivity index (χ0) is 10.5. The molecule has 0 saturated heterocycles. The smallest absolute Gasteiger partial charge is 0.234 e. The van der Waals surface area contributed by atoms with Gasteiger partial charge >= 0.3 is 0 Å². The van der Waals surface area contributed by atoms with E-state index in [1.54, 1.807) is 0 Å². The van der Waals surface area contributed by atoms with Gasteiger partial charge in [-0.2, -0.15) is 0 Å². The van der Waals surface area contributed by atoms with Gasteiger partial charge < -0.3 is 15.7 Å². The molecular formula is C9H20N2O2. The van der Waals surface area contributed by atoms with Crippen molar-refractivity contribution in [2.75, 3.05) is 13.2 Å². The zero-order valence-corrected chi connectivity index (χ0v) is 8.85. The van der Waals surface area contributed by atoms with Crippen LogP contribution in [0.4, 0.5) is 0 Å². The van der Waals surface area contributed by atoms with Gasteiger partial charge in [-0.15, -0.1) is 0 Å². The number of hydrogen-bond donors (Lipinski definition) is 3. The van der Waals surface area contributed by atoms with E-state index < -0.39 is 0 Å². The lowest BCUT2D eigenvalue weighted by Crippen LogP contribution is -2.46. The van der Waals surface area contributed by atoms with Crippen LogP contribution in [0.15, 0.2) is 0 Å². The minimum absolute atomic E-state index is 0.0364. The Labute approximate surface area is 79.7 Å². The number of aliphatic hydroxyl groups excluding tert-OH is 1. The molecule has 0 saturated carbocycles. The SMILES string of the molecule is CC(CO)NCC(=O)NC(C)(C)C. The maximum absolute atomic E-state index is 11.2. The first-order chi connectivity index (χ1) is 5.85. The third kappa shape index (κ3) is 7.74. The lowest BCUT2D eigenvalue weighted by molar-refractivity contribution is -0.121. The third-order valence-electron chi connectivity index (χ3n) is 1.40. The summed E-state index contributed by atoms with van der Waals surface area (Å²) in [6.07, 6.45) is 0. The Morgan fingerprint density at radius 1 is 1.46 bits per heavy atom. The van der Waals surface area contributed by atoms with Crippen molar-refractivity contribution in [1.29, 1.82) is 0 Å². The summed E-state index contributed by atoms with van der Waals surface area (Å²) in [5.74, 6) is -0.0483. The zero-order valence-electron chi connectivity index (χ0n) is 8.85. The second kappa shape index (κ2) is 5.19. The Hall–Kier alpha value is -0.610. The summed E-state index contributed by atoms with van der Waals surface area (Å²) in [5.41, 5.74) is -0.193. The topological polar surface area (TPSA) is 61.4 Å². The van der Waals surface area contributed by atoms with Crippen molar-refractivity contribution in [2.45, 2.75) is 39.3 Å². The molecule has 0 aliphatic carbocycles. The Bertz CT molecular complexity index is 163. The minimum atomic E-state index is -0.193. The van der Waals surface area contributed by atoms with E-state index in [0.717, 1.165) is 0 Å². The minimum Gasteiger partial charge on any atom is -0.395 e. The van der Waals surface area contributed by atoms with Gasteiger partial charge in [0.15, 0.2) is 0 Å². The number of amides is 1. The van der Waals surface area contributed by atoms with Gasteiger partial charge in [-0.25, -0.2) is 0 Å². The average molecular weight is 188 g/mol. The molecule has 4 heteroatoms. The van der Waals surface area contributed by atoms with Gasteiger partial charge in [0, 0.05) is 11.6 Å². The van der Waals surface area contributed by atoms with Crippen molar-refractivity contribution in [2.24, 2.45) is 0 Å². The van der Waals surface area contributed by atoms with Crippen molar-refractivity contribution in [3.8, 4) is 0 Å². The maximum Gasteiger partial charge on any atom is 0.234 e. The molecule has 0 aromatic heterocycles. The lowest BCUT2D eigenvalue weighted by Gasteiger charge is -2.21. The maximum atomic E-state index is 11.2. The van der Waals surface area contributed by atoms with Crippen LogP contribution in [0.5, 0.6) is 0 Å². The standard InChI is InChI=1S/C9H20N2O2/c1-7(6-12)10-5-8(13)11-9(2,3)4/h7,10,12H,5-6H2,1-4H3,(H,11,13). The van der Waals surface area contributed by atoms with E-state index in [9.17, 15) is 4.79 Å². The number of hydrogen-bond acceptors (Lipinski definition) is 3. The van der Waals surface area contributed by atoms with Gasteiger partial charge in [0.2, 0.25) is 5.91 Å². The first-order valence-electron chi connectivity index (χ1n) is 4.50. The Kier molecular flexibility index (Phi) is 4.95. The molecule has 0 bridgehead atoms. The third-order valence-corrected chi connectivity index (χ3v) is 1.40. The molecule has 0 aromatic carbocycles. The van der Waals surface area contributed by atoms with Crippen LogP contribution in [-0.2, 0) is 4.79 Å². The molecule has 1 unspecified atom stereocenters. The quantitative estimate of drug-likeness (QED) is 0.576. The average Bonchev–Trinajstić information content (AvgIpc) is 1.97. The Balaban J connectivity index is 3.64. The summed E-state index contributed by atoms with van der Waals surface area (Å²) in [6, 6.07) is -0.0364. The van der Waals surface area contributed by atoms with Crippen LogP contribution in [0.3, 0.4) is 0 Å². The summed E-state index contributed by atoms with van der Waals surface area (Å²) in [7, 11) is 0. The van der Waals surface area contributed by atoms with Crippen molar-refractivity contribution in [3.63, 3.8) is 0 Å². The fraction of sp³-hybridized carbons (Fsp3) is 0.889. The largest absolute Gasteiger partial charge is 0.395 e.